The van der Waals surface area contributed by atoms with Crippen molar-refractivity contribution in [1.82, 2.24) is 9.97 Å². The number of nitrogens with one attached hydrogen (secondary N) is 1. The molecule has 1 N–H and O–H groups in total. The number of benzene rings is 8. The highest BCUT2D eigenvalue weighted by Crippen LogP contribution is 2.44. The molecule has 0 bridgehead atoms. The SMILES string of the molecule is Cc1cc(N(c2ccccc2)c2ccccc2)ccc1C1=CC=C(c2cc(C3=CCCC=C3)c3ccc4c(-c5ccccc5)cc(-c5ccc(-c6ccc(Nc7ccccc7)cc6C)c(C)c5)nc4c3n2)CC1C. The van der Waals surface area contributed by atoms with Crippen LogP contribution in [0.3, 0.4) is 0 Å². The maximum Gasteiger partial charge on any atom is 0.0978 e. The number of pyridine rings is 2. The van der Waals surface area contributed by atoms with Crippen LogP contribution in [0.5, 0.6) is 0 Å². The van der Waals surface area contributed by atoms with Crippen LogP contribution in [-0.4, -0.2) is 9.97 Å². The lowest BCUT2D eigenvalue weighted by Crippen LogP contribution is -2.11. The fraction of sp³-hybridized carbons (Fsp3) is 0.114. The van der Waals surface area contributed by atoms with Gasteiger partial charge in [-0.05, 0) is 192 Å². The molecule has 2 aliphatic carbocycles. The van der Waals surface area contributed by atoms with E-state index in [1.54, 1.807) is 0 Å². The summed E-state index contributed by atoms with van der Waals surface area (Å²) in [5, 5.41) is 5.77. The molecule has 0 saturated heterocycles. The minimum absolute atomic E-state index is 0.273. The van der Waals surface area contributed by atoms with E-state index < -0.39 is 0 Å². The Bertz CT molecular complexity index is 3830. The predicted octanol–water partition coefficient (Wildman–Crippen LogP) is 19.2. The second-order valence-electron chi connectivity index (χ2n) is 19.9. The number of nitrogens with zero attached hydrogens (tertiary/aromatic N) is 3. The molecule has 2 aliphatic rings. The Balaban J connectivity index is 0.954. The molecule has 2 aromatic heterocycles. The van der Waals surface area contributed by atoms with E-state index in [9.17, 15) is 0 Å². The molecule has 1 unspecified atom stereocenters. The summed E-state index contributed by atoms with van der Waals surface area (Å²) in [5.74, 6) is 0.273. The molecule has 8 aromatic carbocycles. The maximum atomic E-state index is 5.68. The monoisotopic (exact) mass is 954 g/mol. The number of anilines is 5. The van der Waals surface area contributed by atoms with Gasteiger partial charge in [-0.15, -0.1) is 0 Å². The third-order valence-electron chi connectivity index (χ3n) is 14.9. The molecule has 0 radical (unpaired) electrons. The summed E-state index contributed by atoms with van der Waals surface area (Å²) in [6, 6.07) is 71.9. The molecule has 358 valence electrons. The van der Waals surface area contributed by atoms with Crippen LogP contribution < -0.4 is 10.2 Å². The van der Waals surface area contributed by atoms with E-state index in [0.29, 0.717) is 0 Å². The normalized spacial score (nSPS) is 14.4. The number of rotatable bonds is 11. The van der Waals surface area contributed by atoms with E-state index in [0.717, 1.165) is 97.6 Å². The molecule has 4 nitrogen and oxygen atoms in total. The topological polar surface area (TPSA) is 41.0 Å². The van der Waals surface area contributed by atoms with Gasteiger partial charge in [0.2, 0.25) is 0 Å². The Kier molecular flexibility index (Phi) is 12.5. The number of hydrogen-bond acceptors (Lipinski definition) is 4. The third kappa shape index (κ3) is 9.05. The van der Waals surface area contributed by atoms with Crippen molar-refractivity contribution in [2.75, 3.05) is 10.2 Å². The zero-order valence-electron chi connectivity index (χ0n) is 42.5. The molecule has 0 amide bonds. The first-order valence-corrected chi connectivity index (χ1v) is 26.0. The second-order valence-corrected chi connectivity index (χ2v) is 19.9. The van der Waals surface area contributed by atoms with E-state index >= 15 is 0 Å². The summed E-state index contributed by atoms with van der Waals surface area (Å²) in [5.41, 5.74) is 25.1. The number of aryl methyl sites for hydroxylation is 3. The van der Waals surface area contributed by atoms with Crippen molar-refractivity contribution < 1.29 is 0 Å². The van der Waals surface area contributed by atoms with Crippen LogP contribution in [0.4, 0.5) is 28.4 Å². The molecule has 10 aromatic rings. The van der Waals surface area contributed by atoms with Gasteiger partial charge in [0, 0.05) is 44.8 Å². The lowest BCUT2D eigenvalue weighted by molar-refractivity contribution is 0.768. The van der Waals surface area contributed by atoms with Crippen molar-refractivity contribution in [1.29, 1.82) is 0 Å². The molecule has 0 fully saturated rings. The zero-order valence-corrected chi connectivity index (χ0v) is 42.5. The van der Waals surface area contributed by atoms with Crippen LogP contribution >= 0.6 is 0 Å². The number of fused-ring (bicyclic) bond motifs is 3. The van der Waals surface area contributed by atoms with Gasteiger partial charge in [0.15, 0.2) is 0 Å². The number of hydrogen-bond donors (Lipinski definition) is 1. The van der Waals surface area contributed by atoms with Crippen LogP contribution in [-0.2, 0) is 0 Å². The molecule has 74 heavy (non-hydrogen) atoms. The molecule has 2 heterocycles. The number of aromatic nitrogens is 2. The van der Waals surface area contributed by atoms with E-state index in [1.807, 2.05) is 6.07 Å². The predicted molar refractivity (Wildman–Crippen MR) is 314 cm³/mol. The minimum Gasteiger partial charge on any atom is -0.356 e. The molecule has 4 heteroatoms. The lowest BCUT2D eigenvalue weighted by Gasteiger charge is -2.28. The van der Waals surface area contributed by atoms with Crippen molar-refractivity contribution >= 4 is 67.0 Å². The highest BCUT2D eigenvalue weighted by Gasteiger charge is 2.24. The largest absolute Gasteiger partial charge is 0.356 e. The molecular formula is C70H58N4. The fourth-order valence-corrected chi connectivity index (χ4v) is 11.2. The summed E-state index contributed by atoms with van der Waals surface area (Å²) in [7, 11) is 0. The highest BCUT2D eigenvalue weighted by molar-refractivity contribution is 6.12. The summed E-state index contributed by atoms with van der Waals surface area (Å²) in [4.78, 5) is 13.7. The van der Waals surface area contributed by atoms with Crippen LogP contribution in [0.1, 0.15) is 59.7 Å². The summed E-state index contributed by atoms with van der Waals surface area (Å²) in [6.07, 6.45) is 14.6. The Morgan fingerprint density at radius 2 is 1.05 bits per heavy atom. The maximum absolute atomic E-state index is 5.68. The molecular weight excluding hydrogens is 897 g/mol. The number of allylic oxidation sites excluding steroid dienone is 8. The molecule has 0 aliphatic heterocycles. The van der Waals surface area contributed by atoms with Crippen molar-refractivity contribution in [3.63, 3.8) is 0 Å². The van der Waals surface area contributed by atoms with Gasteiger partial charge in [-0.3, -0.25) is 0 Å². The minimum atomic E-state index is 0.273. The lowest BCUT2D eigenvalue weighted by atomic mass is 9.81. The first kappa shape index (κ1) is 46.2. The summed E-state index contributed by atoms with van der Waals surface area (Å²) < 4.78 is 0. The van der Waals surface area contributed by atoms with Gasteiger partial charge >= 0.3 is 0 Å². The van der Waals surface area contributed by atoms with Crippen molar-refractivity contribution in [2.24, 2.45) is 5.92 Å². The van der Waals surface area contributed by atoms with E-state index in [4.69, 9.17) is 9.97 Å². The van der Waals surface area contributed by atoms with E-state index in [-0.39, 0.29) is 5.92 Å². The van der Waals surface area contributed by atoms with Crippen LogP contribution in [0, 0.1) is 26.7 Å². The summed E-state index contributed by atoms with van der Waals surface area (Å²) in [6.45, 7) is 9.03. The molecule has 0 spiro atoms. The fourth-order valence-electron chi connectivity index (χ4n) is 11.2. The Morgan fingerprint density at radius 3 is 1.69 bits per heavy atom. The highest BCUT2D eigenvalue weighted by atomic mass is 15.1. The quantitative estimate of drug-likeness (QED) is 0.131. The first-order valence-electron chi connectivity index (χ1n) is 26.0. The third-order valence-corrected chi connectivity index (χ3v) is 14.9. The van der Waals surface area contributed by atoms with Crippen LogP contribution in [0.25, 0.3) is 72.0 Å². The van der Waals surface area contributed by atoms with Gasteiger partial charge in [-0.1, -0.05) is 159 Å². The molecule has 12 rings (SSSR count). The second kappa shape index (κ2) is 20.0. The average molecular weight is 955 g/mol. The zero-order chi connectivity index (χ0) is 50.1. The standard InChI is InChI=1S/C70H58N4/c1-46-40-52(30-34-59(46)61-36-32-55(42-48(61)3)71-54-24-14-7-15-25-54)67-44-65(50-20-10-5-11-21-50)63-38-39-64-66(51-22-12-6-13-23-51)45-68(73-70(64)69(63)72-67)53-31-35-60(47(2)41-53)62-37-33-58(43-49(62)4)74(56-26-16-8-17-27-56)57-28-18-9-19-29-57/h5,7-12,14-40,42-45,47,71H,6,13,41H2,1-4H3. The van der Waals surface area contributed by atoms with Crippen LogP contribution in [0.15, 0.2) is 231 Å². The Hall–Kier alpha value is -8.86. The first-order chi connectivity index (χ1) is 36.3. The number of para-hydroxylation sites is 3. The van der Waals surface area contributed by atoms with Gasteiger partial charge < -0.3 is 10.2 Å². The Labute approximate surface area is 435 Å². The van der Waals surface area contributed by atoms with E-state index in [1.165, 1.54) is 55.7 Å². The van der Waals surface area contributed by atoms with Gasteiger partial charge in [-0.25, -0.2) is 9.97 Å². The van der Waals surface area contributed by atoms with Gasteiger partial charge in [0.25, 0.3) is 0 Å². The van der Waals surface area contributed by atoms with Gasteiger partial charge in [0.05, 0.1) is 22.4 Å². The van der Waals surface area contributed by atoms with Crippen molar-refractivity contribution in [2.45, 2.75) is 47.0 Å². The van der Waals surface area contributed by atoms with Gasteiger partial charge in [-0.2, -0.15) is 0 Å². The smallest absolute Gasteiger partial charge is 0.0978 e. The van der Waals surface area contributed by atoms with Crippen molar-refractivity contribution in [3.05, 3.63) is 264 Å². The van der Waals surface area contributed by atoms with Crippen LogP contribution in [0.2, 0.25) is 0 Å². The molecule has 1 atom stereocenters. The summed E-state index contributed by atoms with van der Waals surface area (Å²) >= 11 is 0. The Morgan fingerprint density at radius 1 is 0.459 bits per heavy atom. The average Bonchev–Trinajstić information content (AvgIpc) is 3.44. The molecule has 0 saturated carbocycles. The van der Waals surface area contributed by atoms with Crippen molar-refractivity contribution in [3.8, 4) is 33.5 Å². The van der Waals surface area contributed by atoms with Gasteiger partial charge in [0.1, 0.15) is 0 Å². The van der Waals surface area contributed by atoms with E-state index in [2.05, 4.69) is 262 Å².